The molecule has 0 unspecified atom stereocenters. The van der Waals surface area contributed by atoms with E-state index in [0.717, 1.165) is 17.7 Å². The molecule has 0 aliphatic heterocycles. The molecule has 1 atom stereocenters. The number of hydrogen-bond donors (Lipinski definition) is 0. The second-order valence-electron chi connectivity index (χ2n) is 7.37. The van der Waals surface area contributed by atoms with Gasteiger partial charge in [-0.3, -0.25) is 19.7 Å². The number of hydrogen-bond acceptors (Lipinski definition) is 7. The number of ether oxygens (including phenoxy) is 1. The zero-order chi connectivity index (χ0) is 24.2. The van der Waals surface area contributed by atoms with E-state index in [2.05, 4.69) is 0 Å². The first-order valence-corrected chi connectivity index (χ1v) is 11.4. The molecule has 0 aliphatic carbocycles. The van der Waals surface area contributed by atoms with Crippen LogP contribution in [0.4, 0.5) is 5.69 Å². The van der Waals surface area contributed by atoms with Crippen LogP contribution in [0.3, 0.4) is 0 Å². The van der Waals surface area contributed by atoms with Crippen LogP contribution < -0.4 is 4.74 Å². The SMILES string of the molecule is COc1ccc(C(=O)C[C@H](C(=O)c2ccc([N+](=O)[O-])cc2)S(=O)(=O)c2ccc(C)cc2)cc1. The van der Waals surface area contributed by atoms with E-state index in [1.54, 1.807) is 31.2 Å². The van der Waals surface area contributed by atoms with Gasteiger partial charge in [0, 0.05) is 29.7 Å². The van der Waals surface area contributed by atoms with E-state index in [9.17, 15) is 28.1 Å². The van der Waals surface area contributed by atoms with Gasteiger partial charge in [-0.05, 0) is 55.5 Å². The van der Waals surface area contributed by atoms with Gasteiger partial charge in [0.05, 0.1) is 16.9 Å². The van der Waals surface area contributed by atoms with E-state index in [4.69, 9.17) is 4.74 Å². The Morgan fingerprint density at radius 1 is 0.909 bits per heavy atom. The van der Waals surface area contributed by atoms with Crippen LogP contribution in [-0.2, 0) is 9.84 Å². The van der Waals surface area contributed by atoms with Crippen molar-refractivity contribution in [2.24, 2.45) is 0 Å². The van der Waals surface area contributed by atoms with Crippen LogP contribution in [0.15, 0.2) is 77.7 Å². The van der Waals surface area contributed by atoms with Gasteiger partial charge in [-0.15, -0.1) is 0 Å². The van der Waals surface area contributed by atoms with E-state index in [1.165, 1.54) is 43.5 Å². The van der Waals surface area contributed by atoms with Gasteiger partial charge in [-0.25, -0.2) is 8.42 Å². The van der Waals surface area contributed by atoms with Crippen molar-refractivity contribution in [1.82, 2.24) is 0 Å². The molecule has 9 heteroatoms. The maximum absolute atomic E-state index is 13.4. The maximum atomic E-state index is 13.4. The molecule has 0 radical (unpaired) electrons. The fraction of sp³-hybridized carbons (Fsp3) is 0.167. The summed E-state index contributed by atoms with van der Waals surface area (Å²) < 4.78 is 31.9. The highest BCUT2D eigenvalue weighted by Gasteiger charge is 2.36. The Balaban J connectivity index is 2.01. The number of rotatable bonds is 9. The molecule has 0 N–H and O–H groups in total. The summed E-state index contributed by atoms with van der Waals surface area (Å²) in [5.74, 6) is -0.821. The second-order valence-corrected chi connectivity index (χ2v) is 9.50. The fourth-order valence-corrected chi connectivity index (χ4v) is 4.86. The van der Waals surface area contributed by atoms with Crippen molar-refractivity contribution in [2.75, 3.05) is 7.11 Å². The second kappa shape index (κ2) is 9.74. The minimum atomic E-state index is -4.24. The summed E-state index contributed by atoms with van der Waals surface area (Å²) in [6.45, 7) is 1.79. The number of nitrogens with zero attached hydrogens (tertiary/aromatic N) is 1. The van der Waals surface area contributed by atoms with Gasteiger partial charge in [0.1, 0.15) is 11.0 Å². The fourth-order valence-electron chi connectivity index (χ4n) is 3.23. The Bertz CT molecular complexity index is 1280. The highest BCUT2D eigenvalue weighted by Crippen LogP contribution is 2.25. The molecule has 0 bridgehead atoms. The monoisotopic (exact) mass is 467 g/mol. The molecule has 3 rings (SSSR count). The van der Waals surface area contributed by atoms with E-state index in [1.807, 2.05) is 0 Å². The molecule has 0 fully saturated rings. The first-order chi connectivity index (χ1) is 15.6. The number of benzene rings is 3. The molecule has 0 heterocycles. The first kappa shape index (κ1) is 23.8. The van der Waals surface area contributed by atoms with Crippen molar-refractivity contribution in [3.05, 3.63) is 99.6 Å². The smallest absolute Gasteiger partial charge is 0.269 e. The lowest BCUT2D eigenvalue weighted by Gasteiger charge is -2.17. The van der Waals surface area contributed by atoms with Crippen molar-refractivity contribution in [1.29, 1.82) is 0 Å². The van der Waals surface area contributed by atoms with E-state index in [-0.39, 0.29) is 21.7 Å². The van der Waals surface area contributed by atoms with Crippen LogP contribution in [0.5, 0.6) is 5.75 Å². The van der Waals surface area contributed by atoms with Crippen LogP contribution in [0.25, 0.3) is 0 Å². The van der Waals surface area contributed by atoms with Gasteiger partial charge < -0.3 is 4.74 Å². The number of Topliss-reactive ketones (excluding diaryl/α,β-unsaturated/α-hetero) is 2. The number of nitro benzene ring substituents is 1. The van der Waals surface area contributed by atoms with Gasteiger partial charge >= 0.3 is 0 Å². The van der Waals surface area contributed by atoms with Gasteiger partial charge in [0.2, 0.25) is 0 Å². The van der Waals surface area contributed by atoms with Crippen molar-refractivity contribution >= 4 is 27.1 Å². The number of aryl methyl sites for hydroxylation is 1. The summed E-state index contributed by atoms with van der Waals surface area (Å²) in [4.78, 5) is 36.4. The Kier molecular flexibility index (Phi) is 7.03. The summed E-state index contributed by atoms with van der Waals surface area (Å²) >= 11 is 0. The largest absolute Gasteiger partial charge is 0.497 e. The lowest BCUT2D eigenvalue weighted by atomic mass is 10.0. The van der Waals surface area contributed by atoms with Crippen LogP contribution in [0.2, 0.25) is 0 Å². The van der Waals surface area contributed by atoms with Crippen LogP contribution >= 0.6 is 0 Å². The molecule has 0 saturated carbocycles. The van der Waals surface area contributed by atoms with Crippen LogP contribution in [-0.4, -0.2) is 37.3 Å². The maximum Gasteiger partial charge on any atom is 0.269 e. The standard InChI is InChI=1S/C24H21NO7S/c1-16-3-13-21(14-4-16)33(30,31)23(15-22(26)17-7-11-20(32-2)12-8-17)24(27)18-5-9-19(10-6-18)25(28)29/h3-14,23H,15H2,1-2H3/t23-/m1/s1. The zero-order valence-corrected chi connectivity index (χ0v) is 18.7. The highest BCUT2D eigenvalue weighted by molar-refractivity contribution is 7.92. The highest BCUT2D eigenvalue weighted by atomic mass is 32.2. The molecular weight excluding hydrogens is 446 g/mol. The number of sulfone groups is 1. The third-order valence-electron chi connectivity index (χ3n) is 5.16. The lowest BCUT2D eigenvalue weighted by Crippen LogP contribution is -2.33. The number of ketones is 2. The molecule has 33 heavy (non-hydrogen) atoms. The predicted molar refractivity (Wildman–Crippen MR) is 122 cm³/mol. The number of carbonyl (C=O) groups excluding carboxylic acids is 2. The number of non-ortho nitro benzene ring substituents is 1. The third kappa shape index (κ3) is 5.32. The summed E-state index contributed by atoms with van der Waals surface area (Å²) in [7, 11) is -2.76. The van der Waals surface area contributed by atoms with Gasteiger partial charge in [-0.1, -0.05) is 17.7 Å². The molecular formula is C24H21NO7S. The van der Waals surface area contributed by atoms with Gasteiger partial charge in [0.15, 0.2) is 21.4 Å². The number of carbonyl (C=O) groups is 2. The van der Waals surface area contributed by atoms with Crippen LogP contribution in [0, 0.1) is 17.0 Å². The lowest BCUT2D eigenvalue weighted by molar-refractivity contribution is -0.384. The van der Waals surface area contributed by atoms with Crippen LogP contribution in [0.1, 0.15) is 32.7 Å². The molecule has 0 aromatic heterocycles. The Morgan fingerprint density at radius 2 is 1.45 bits per heavy atom. The molecule has 0 aliphatic rings. The van der Waals surface area contributed by atoms with Crippen molar-refractivity contribution < 1.29 is 27.7 Å². The number of nitro groups is 1. The summed E-state index contributed by atoms with van der Waals surface area (Å²) in [6, 6.07) is 16.7. The predicted octanol–water partition coefficient (Wildman–Crippen LogP) is 4.21. The minimum absolute atomic E-state index is 0.0381. The van der Waals surface area contributed by atoms with Crippen molar-refractivity contribution in [3.63, 3.8) is 0 Å². The van der Waals surface area contributed by atoms with Crippen molar-refractivity contribution in [3.8, 4) is 5.75 Å². The summed E-state index contributed by atoms with van der Waals surface area (Å²) in [6.07, 6.45) is -0.585. The zero-order valence-electron chi connectivity index (χ0n) is 17.9. The summed E-state index contributed by atoms with van der Waals surface area (Å²) in [5, 5.41) is 9.21. The molecule has 170 valence electrons. The molecule has 3 aromatic rings. The van der Waals surface area contributed by atoms with Gasteiger partial charge in [0.25, 0.3) is 5.69 Å². The summed E-state index contributed by atoms with van der Waals surface area (Å²) in [5.41, 5.74) is 0.792. The third-order valence-corrected chi connectivity index (χ3v) is 7.22. The number of methoxy groups -OCH3 is 1. The Labute approximate surface area is 190 Å². The Hall–Kier alpha value is -3.85. The minimum Gasteiger partial charge on any atom is -0.497 e. The average Bonchev–Trinajstić information content (AvgIpc) is 2.82. The topological polar surface area (TPSA) is 121 Å². The van der Waals surface area contributed by atoms with E-state index in [0.29, 0.717) is 5.75 Å². The van der Waals surface area contributed by atoms with Crippen molar-refractivity contribution in [2.45, 2.75) is 23.5 Å². The quantitative estimate of drug-likeness (QED) is 0.262. The van der Waals surface area contributed by atoms with E-state index >= 15 is 0 Å². The van der Waals surface area contributed by atoms with Gasteiger partial charge in [-0.2, -0.15) is 0 Å². The molecule has 0 saturated heterocycles. The molecule has 3 aromatic carbocycles. The molecule has 0 spiro atoms. The molecule has 0 amide bonds. The average molecular weight is 467 g/mol. The van der Waals surface area contributed by atoms with E-state index < -0.39 is 38.0 Å². The Morgan fingerprint density at radius 3 is 1.97 bits per heavy atom. The molecule has 8 nitrogen and oxygen atoms in total. The first-order valence-electron chi connectivity index (χ1n) is 9.90. The normalized spacial score (nSPS) is 12.1.